The Balaban J connectivity index is 2.16. The lowest BCUT2D eigenvalue weighted by molar-refractivity contribution is 0.152. The number of nitrogens with one attached hydrogen (secondary N) is 1. The second kappa shape index (κ2) is 6.72. The molecule has 4 nitrogen and oxygen atoms in total. The van der Waals surface area contributed by atoms with Gasteiger partial charge in [0.25, 0.3) is 0 Å². The summed E-state index contributed by atoms with van der Waals surface area (Å²) < 4.78 is 2.22. The van der Waals surface area contributed by atoms with Gasteiger partial charge >= 0.3 is 0 Å². The van der Waals surface area contributed by atoms with Crippen molar-refractivity contribution in [2.24, 2.45) is 17.2 Å². The lowest BCUT2D eigenvalue weighted by atomic mass is 9.71. The Morgan fingerprint density at radius 2 is 2.10 bits per heavy atom. The van der Waals surface area contributed by atoms with Gasteiger partial charge in [-0.1, -0.05) is 26.7 Å². The third kappa shape index (κ3) is 3.23. The van der Waals surface area contributed by atoms with Crippen LogP contribution < -0.4 is 11.3 Å². The fourth-order valence-electron chi connectivity index (χ4n) is 4.04. The zero-order valence-corrected chi connectivity index (χ0v) is 13.2. The first-order valence-corrected chi connectivity index (χ1v) is 8.07. The minimum atomic E-state index is 0.333. The van der Waals surface area contributed by atoms with E-state index in [4.69, 9.17) is 5.84 Å². The van der Waals surface area contributed by atoms with Crippen molar-refractivity contribution in [3.63, 3.8) is 0 Å². The second-order valence-corrected chi connectivity index (χ2v) is 6.72. The predicted octanol–water partition coefficient (Wildman–Crippen LogP) is 2.88. The van der Waals surface area contributed by atoms with Crippen molar-refractivity contribution >= 4 is 0 Å². The van der Waals surface area contributed by atoms with Crippen LogP contribution in [0.1, 0.15) is 58.7 Å². The lowest BCUT2D eigenvalue weighted by Gasteiger charge is -2.38. The smallest absolute Gasteiger partial charge is 0.110 e. The molecule has 0 radical (unpaired) electrons. The van der Waals surface area contributed by atoms with Crippen molar-refractivity contribution in [2.75, 3.05) is 0 Å². The highest BCUT2D eigenvalue weighted by atomic mass is 15.2. The molecule has 114 valence electrons. The van der Waals surface area contributed by atoms with Crippen LogP contribution >= 0.6 is 0 Å². The van der Waals surface area contributed by atoms with E-state index in [9.17, 15) is 0 Å². The quantitative estimate of drug-likeness (QED) is 0.595. The van der Waals surface area contributed by atoms with Gasteiger partial charge in [0.2, 0.25) is 0 Å². The van der Waals surface area contributed by atoms with Crippen molar-refractivity contribution in [1.82, 2.24) is 15.0 Å². The summed E-state index contributed by atoms with van der Waals surface area (Å²) in [5.74, 6) is 7.81. The Bertz CT molecular complexity index is 404. The van der Waals surface area contributed by atoms with E-state index < -0.39 is 0 Å². The SMILES string of the molecule is CCn1ccnc1CC(NN)C1(CC(C)C)CCCC1. The van der Waals surface area contributed by atoms with Gasteiger partial charge in [-0.05, 0) is 37.5 Å². The molecule has 2 rings (SSSR count). The van der Waals surface area contributed by atoms with Gasteiger partial charge in [-0.2, -0.15) is 0 Å². The maximum absolute atomic E-state index is 5.93. The van der Waals surface area contributed by atoms with E-state index in [-0.39, 0.29) is 0 Å². The summed E-state index contributed by atoms with van der Waals surface area (Å²) in [6.07, 6.45) is 11.4. The summed E-state index contributed by atoms with van der Waals surface area (Å²) in [7, 11) is 0. The summed E-state index contributed by atoms with van der Waals surface area (Å²) in [4.78, 5) is 4.52. The molecule has 4 heteroatoms. The number of imidazole rings is 1. The molecule has 3 N–H and O–H groups in total. The number of nitrogens with zero attached hydrogens (tertiary/aromatic N) is 2. The molecule has 1 aromatic rings. The topological polar surface area (TPSA) is 55.9 Å². The van der Waals surface area contributed by atoms with E-state index in [2.05, 4.69) is 41.9 Å². The van der Waals surface area contributed by atoms with Crippen LogP contribution in [0.5, 0.6) is 0 Å². The maximum Gasteiger partial charge on any atom is 0.110 e. The molecule has 1 aliphatic carbocycles. The minimum absolute atomic E-state index is 0.333. The number of hydrogen-bond acceptors (Lipinski definition) is 3. The molecule has 0 aliphatic heterocycles. The van der Waals surface area contributed by atoms with Crippen LogP contribution in [0.2, 0.25) is 0 Å². The molecular formula is C16H30N4. The second-order valence-electron chi connectivity index (χ2n) is 6.72. The summed E-state index contributed by atoms with van der Waals surface area (Å²) >= 11 is 0. The summed E-state index contributed by atoms with van der Waals surface area (Å²) in [5.41, 5.74) is 3.48. The van der Waals surface area contributed by atoms with Gasteiger partial charge in [-0.25, -0.2) is 4.98 Å². The highest BCUT2D eigenvalue weighted by molar-refractivity contribution is 5.02. The highest BCUT2D eigenvalue weighted by Gasteiger charge is 2.41. The molecule has 0 bridgehead atoms. The van der Waals surface area contributed by atoms with Crippen LogP contribution in [0.15, 0.2) is 12.4 Å². The van der Waals surface area contributed by atoms with Gasteiger partial charge in [-0.15, -0.1) is 0 Å². The average molecular weight is 278 g/mol. The molecule has 0 aromatic carbocycles. The first kappa shape index (κ1) is 15.5. The van der Waals surface area contributed by atoms with Crippen LogP contribution in [-0.2, 0) is 13.0 Å². The van der Waals surface area contributed by atoms with E-state index in [1.807, 2.05) is 6.20 Å². The van der Waals surface area contributed by atoms with E-state index in [0.29, 0.717) is 11.5 Å². The lowest BCUT2D eigenvalue weighted by Crippen LogP contribution is -2.49. The Morgan fingerprint density at radius 3 is 2.65 bits per heavy atom. The van der Waals surface area contributed by atoms with E-state index in [1.165, 1.54) is 32.1 Å². The van der Waals surface area contributed by atoms with Crippen LogP contribution in [0.3, 0.4) is 0 Å². The zero-order valence-electron chi connectivity index (χ0n) is 13.2. The summed E-state index contributed by atoms with van der Waals surface area (Å²) in [5, 5.41) is 0. The molecule has 1 aromatic heterocycles. The number of hydrogen-bond donors (Lipinski definition) is 2. The Hall–Kier alpha value is -0.870. The molecule has 1 heterocycles. The summed E-state index contributed by atoms with van der Waals surface area (Å²) in [6, 6.07) is 0.333. The number of aryl methyl sites for hydroxylation is 1. The molecular weight excluding hydrogens is 248 g/mol. The highest BCUT2D eigenvalue weighted by Crippen LogP contribution is 2.46. The first-order valence-electron chi connectivity index (χ1n) is 8.07. The molecule has 0 amide bonds. The van der Waals surface area contributed by atoms with Crippen molar-refractivity contribution in [3.05, 3.63) is 18.2 Å². The normalized spacial score (nSPS) is 19.6. The predicted molar refractivity (Wildman–Crippen MR) is 83.1 cm³/mol. The number of aromatic nitrogens is 2. The number of hydrazine groups is 1. The fourth-order valence-corrected chi connectivity index (χ4v) is 4.04. The van der Waals surface area contributed by atoms with Gasteiger partial charge in [0.1, 0.15) is 5.82 Å². The third-order valence-corrected chi connectivity index (χ3v) is 4.88. The molecule has 0 saturated heterocycles. The molecule has 0 spiro atoms. The van der Waals surface area contributed by atoms with Crippen molar-refractivity contribution in [3.8, 4) is 0 Å². The monoisotopic (exact) mass is 278 g/mol. The molecule has 1 atom stereocenters. The zero-order chi connectivity index (χ0) is 14.6. The first-order chi connectivity index (χ1) is 9.61. The van der Waals surface area contributed by atoms with Gasteiger partial charge in [-0.3, -0.25) is 11.3 Å². The van der Waals surface area contributed by atoms with Crippen LogP contribution in [-0.4, -0.2) is 15.6 Å². The maximum atomic E-state index is 5.93. The summed E-state index contributed by atoms with van der Waals surface area (Å²) in [6.45, 7) is 7.78. The van der Waals surface area contributed by atoms with Crippen LogP contribution in [0, 0.1) is 11.3 Å². The third-order valence-electron chi connectivity index (χ3n) is 4.88. The van der Waals surface area contributed by atoms with Gasteiger partial charge in [0.05, 0.1) is 0 Å². The number of rotatable bonds is 7. The molecule has 20 heavy (non-hydrogen) atoms. The minimum Gasteiger partial charge on any atom is -0.335 e. The standard InChI is InChI=1S/C16H30N4/c1-4-20-10-9-18-15(20)11-14(19-17)16(12-13(2)3)7-5-6-8-16/h9-10,13-14,19H,4-8,11-12,17H2,1-3H3. The van der Waals surface area contributed by atoms with E-state index in [1.54, 1.807) is 0 Å². The van der Waals surface area contributed by atoms with Gasteiger partial charge < -0.3 is 4.57 Å². The fraction of sp³-hybridized carbons (Fsp3) is 0.812. The molecule has 1 saturated carbocycles. The Labute approximate surface area is 123 Å². The van der Waals surface area contributed by atoms with Crippen LogP contribution in [0.4, 0.5) is 0 Å². The largest absolute Gasteiger partial charge is 0.335 e. The van der Waals surface area contributed by atoms with Crippen molar-refractivity contribution in [2.45, 2.75) is 71.9 Å². The Morgan fingerprint density at radius 1 is 1.40 bits per heavy atom. The molecule has 1 fully saturated rings. The molecule has 1 unspecified atom stereocenters. The van der Waals surface area contributed by atoms with E-state index in [0.717, 1.165) is 24.7 Å². The van der Waals surface area contributed by atoms with Gasteiger partial charge in [0.15, 0.2) is 0 Å². The van der Waals surface area contributed by atoms with Crippen molar-refractivity contribution < 1.29 is 0 Å². The molecule has 1 aliphatic rings. The van der Waals surface area contributed by atoms with Crippen LogP contribution in [0.25, 0.3) is 0 Å². The van der Waals surface area contributed by atoms with Crippen molar-refractivity contribution in [1.29, 1.82) is 0 Å². The average Bonchev–Trinajstić information content (AvgIpc) is 3.04. The van der Waals surface area contributed by atoms with E-state index >= 15 is 0 Å². The Kier molecular flexibility index (Phi) is 5.22. The van der Waals surface area contributed by atoms with Gasteiger partial charge in [0, 0.05) is 31.4 Å². The number of nitrogens with two attached hydrogens (primary N) is 1.